The Morgan fingerprint density at radius 3 is 2.76 bits per heavy atom. The maximum absolute atomic E-state index is 5.72. The number of aryl methyl sites for hydroxylation is 1. The monoisotopic (exact) mass is 236 g/mol. The van der Waals surface area contributed by atoms with E-state index in [2.05, 4.69) is 21.9 Å². The zero-order chi connectivity index (χ0) is 12.1. The summed E-state index contributed by atoms with van der Waals surface area (Å²) in [6.07, 6.45) is 8.95. The Labute approximate surface area is 104 Å². The van der Waals surface area contributed by atoms with Gasteiger partial charge in [0.25, 0.3) is 0 Å². The minimum atomic E-state index is 0.525. The average molecular weight is 236 g/mol. The zero-order valence-electron chi connectivity index (χ0n) is 10.9. The van der Waals surface area contributed by atoms with Crippen molar-refractivity contribution in [2.24, 2.45) is 11.7 Å². The first-order chi connectivity index (χ1) is 8.35. The van der Waals surface area contributed by atoms with Crippen molar-refractivity contribution in [2.45, 2.75) is 65.0 Å². The number of nitrogens with zero attached hydrogens (tertiary/aromatic N) is 3. The van der Waals surface area contributed by atoms with Gasteiger partial charge in [-0.05, 0) is 31.6 Å². The van der Waals surface area contributed by atoms with Gasteiger partial charge < -0.3 is 5.73 Å². The summed E-state index contributed by atoms with van der Waals surface area (Å²) < 4.78 is 2.09. The van der Waals surface area contributed by atoms with Gasteiger partial charge in [0.1, 0.15) is 0 Å². The molecular formula is C13H24N4. The number of hydrogen-bond acceptors (Lipinski definition) is 3. The largest absolute Gasteiger partial charge is 0.325 e. The second-order valence-electron chi connectivity index (χ2n) is 5.12. The van der Waals surface area contributed by atoms with E-state index in [-0.39, 0.29) is 0 Å². The molecule has 4 nitrogen and oxygen atoms in total. The Balaban J connectivity index is 1.91. The Morgan fingerprint density at radius 1 is 1.29 bits per heavy atom. The number of nitrogens with two attached hydrogens (primary N) is 1. The van der Waals surface area contributed by atoms with Crippen LogP contribution < -0.4 is 5.73 Å². The maximum Gasteiger partial charge on any atom is 0.0994 e. The fourth-order valence-corrected chi connectivity index (χ4v) is 2.21. The standard InChI is InChI=1S/C13H24N4/c1-2-3-4-5-8-17-13(9-11-6-7-11)12(10-14)15-16-17/h11H,2-10,14H2,1H3. The summed E-state index contributed by atoms with van der Waals surface area (Å²) in [7, 11) is 0. The smallest absolute Gasteiger partial charge is 0.0994 e. The molecule has 0 amide bonds. The minimum absolute atomic E-state index is 0.525. The van der Waals surface area contributed by atoms with Crippen LogP contribution in [0.1, 0.15) is 56.8 Å². The molecule has 0 unspecified atom stereocenters. The summed E-state index contributed by atoms with van der Waals surface area (Å²) in [5.74, 6) is 0.869. The van der Waals surface area contributed by atoms with Gasteiger partial charge in [-0.2, -0.15) is 0 Å². The van der Waals surface area contributed by atoms with E-state index in [0.717, 1.165) is 24.6 Å². The molecule has 96 valence electrons. The molecule has 17 heavy (non-hydrogen) atoms. The lowest BCUT2D eigenvalue weighted by atomic mass is 10.1. The highest BCUT2D eigenvalue weighted by molar-refractivity contribution is 5.12. The van der Waals surface area contributed by atoms with Crippen molar-refractivity contribution in [3.05, 3.63) is 11.4 Å². The van der Waals surface area contributed by atoms with Crippen LogP contribution in [0.15, 0.2) is 0 Å². The number of aromatic nitrogens is 3. The van der Waals surface area contributed by atoms with Crippen LogP contribution in [0.3, 0.4) is 0 Å². The van der Waals surface area contributed by atoms with Crippen molar-refractivity contribution in [2.75, 3.05) is 0 Å². The molecule has 0 aromatic carbocycles. The summed E-state index contributed by atoms with van der Waals surface area (Å²) in [4.78, 5) is 0. The molecule has 0 spiro atoms. The maximum atomic E-state index is 5.72. The van der Waals surface area contributed by atoms with Crippen LogP contribution in [0, 0.1) is 5.92 Å². The third-order valence-corrected chi connectivity index (χ3v) is 3.51. The molecule has 1 aromatic rings. The average Bonchev–Trinajstić information content (AvgIpc) is 3.07. The Hall–Kier alpha value is -0.900. The summed E-state index contributed by atoms with van der Waals surface area (Å²) in [5, 5.41) is 8.45. The van der Waals surface area contributed by atoms with E-state index in [1.165, 1.54) is 44.2 Å². The van der Waals surface area contributed by atoms with Gasteiger partial charge in [-0.15, -0.1) is 5.10 Å². The van der Waals surface area contributed by atoms with E-state index in [9.17, 15) is 0 Å². The highest BCUT2D eigenvalue weighted by Gasteiger charge is 2.25. The van der Waals surface area contributed by atoms with Crippen LogP contribution in [-0.2, 0) is 19.5 Å². The van der Waals surface area contributed by atoms with Crippen LogP contribution >= 0.6 is 0 Å². The molecule has 0 saturated heterocycles. The Bertz CT molecular complexity index is 341. The molecule has 0 bridgehead atoms. The highest BCUT2D eigenvalue weighted by Crippen LogP contribution is 2.33. The molecule has 2 rings (SSSR count). The van der Waals surface area contributed by atoms with E-state index in [0.29, 0.717) is 6.54 Å². The van der Waals surface area contributed by atoms with Crippen LogP contribution in [-0.4, -0.2) is 15.0 Å². The number of hydrogen-bond donors (Lipinski definition) is 1. The lowest BCUT2D eigenvalue weighted by Gasteiger charge is -2.06. The van der Waals surface area contributed by atoms with E-state index >= 15 is 0 Å². The van der Waals surface area contributed by atoms with Gasteiger partial charge in [0, 0.05) is 13.1 Å². The fourth-order valence-electron chi connectivity index (χ4n) is 2.21. The van der Waals surface area contributed by atoms with Crippen molar-refractivity contribution in [3.63, 3.8) is 0 Å². The summed E-state index contributed by atoms with van der Waals surface area (Å²) >= 11 is 0. The van der Waals surface area contributed by atoms with E-state index in [1.807, 2.05) is 0 Å². The molecule has 1 aromatic heterocycles. The lowest BCUT2D eigenvalue weighted by molar-refractivity contribution is 0.507. The zero-order valence-corrected chi connectivity index (χ0v) is 10.9. The number of rotatable bonds is 8. The molecule has 2 N–H and O–H groups in total. The predicted molar refractivity (Wildman–Crippen MR) is 68.5 cm³/mol. The lowest BCUT2D eigenvalue weighted by Crippen LogP contribution is -2.09. The molecule has 4 heteroatoms. The minimum Gasteiger partial charge on any atom is -0.325 e. The second kappa shape index (κ2) is 6.15. The van der Waals surface area contributed by atoms with Gasteiger partial charge in [-0.25, -0.2) is 4.68 Å². The van der Waals surface area contributed by atoms with Crippen molar-refractivity contribution < 1.29 is 0 Å². The van der Waals surface area contributed by atoms with Crippen molar-refractivity contribution in [1.29, 1.82) is 0 Å². The van der Waals surface area contributed by atoms with Crippen LogP contribution in [0.2, 0.25) is 0 Å². The Kier molecular flexibility index (Phi) is 4.54. The fraction of sp³-hybridized carbons (Fsp3) is 0.846. The quantitative estimate of drug-likeness (QED) is 0.704. The number of unbranched alkanes of at least 4 members (excludes halogenated alkanes) is 3. The molecule has 1 saturated carbocycles. The second-order valence-corrected chi connectivity index (χ2v) is 5.12. The molecule has 1 heterocycles. The summed E-state index contributed by atoms with van der Waals surface area (Å²) in [6, 6.07) is 0. The predicted octanol–water partition coefficient (Wildman–Crippen LogP) is 2.27. The first kappa shape index (κ1) is 12.6. The van der Waals surface area contributed by atoms with Crippen molar-refractivity contribution in [3.8, 4) is 0 Å². The van der Waals surface area contributed by atoms with Crippen LogP contribution in [0.4, 0.5) is 0 Å². The molecular weight excluding hydrogens is 212 g/mol. The van der Waals surface area contributed by atoms with Gasteiger partial charge in [-0.1, -0.05) is 31.4 Å². The normalized spacial score (nSPS) is 15.4. The summed E-state index contributed by atoms with van der Waals surface area (Å²) in [5.41, 5.74) is 8.03. The van der Waals surface area contributed by atoms with Crippen molar-refractivity contribution in [1.82, 2.24) is 15.0 Å². The molecule has 0 radical (unpaired) electrons. The van der Waals surface area contributed by atoms with E-state index in [1.54, 1.807) is 0 Å². The topological polar surface area (TPSA) is 56.7 Å². The third-order valence-electron chi connectivity index (χ3n) is 3.51. The molecule has 1 aliphatic rings. The van der Waals surface area contributed by atoms with Gasteiger partial charge in [0.05, 0.1) is 11.4 Å². The van der Waals surface area contributed by atoms with Gasteiger partial charge in [0.2, 0.25) is 0 Å². The van der Waals surface area contributed by atoms with E-state index < -0.39 is 0 Å². The molecule has 0 atom stereocenters. The first-order valence-corrected chi connectivity index (χ1v) is 6.96. The highest BCUT2D eigenvalue weighted by atomic mass is 15.4. The SMILES string of the molecule is CCCCCCn1nnc(CN)c1CC1CC1. The molecule has 1 aliphatic carbocycles. The molecule has 0 aliphatic heterocycles. The van der Waals surface area contributed by atoms with Crippen LogP contribution in [0.25, 0.3) is 0 Å². The van der Waals surface area contributed by atoms with Gasteiger partial charge in [-0.3, -0.25) is 0 Å². The summed E-state index contributed by atoms with van der Waals surface area (Å²) in [6.45, 7) is 3.77. The van der Waals surface area contributed by atoms with Gasteiger partial charge in [0.15, 0.2) is 0 Å². The van der Waals surface area contributed by atoms with E-state index in [4.69, 9.17) is 5.73 Å². The van der Waals surface area contributed by atoms with Crippen LogP contribution in [0.5, 0.6) is 0 Å². The van der Waals surface area contributed by atoms with Crippen molar-refractivity contribution >= 4 is 0 Å². The molecule has 1 fully saturated rings. The Morgan fingerprint density at radius 2 is 2.12 bits per heavy atom. The first-order valence-electron chi connectivity index (χ1n) is 6.96. The van der Waals surface area contributed by atoms with Gasteiger partial charge >= 0.3 is 0 Å². The third kappa shape index (κ3) is 3.53.